The van der Waals surface area contributed by atoms with Crippen molar-refractivity contribution in [2.75, 3.05) is 11.4 Å². The Morgan fingerprint density at radius 2 is 1.57 bits per heavy atom. The van der Waals surface area contributed by atoms with Crippen LogP contribution in [0.15, 0.2) is 48.5 Å². The molecule has 3 aromatic rings. The highest BCUT2D eigenvalue weighted by atomic mass is 35.5. The molecule has 0 fully saturated rings. The summed E-state index contributed by atoms with van der Waals surface area (Å²) in [6.45, 7) is 4.85. The van der Waals surface area contributed by atoms with E-state index in [2.05, 4.69) is 36.6 Å². The van der Waals surface area contributed by atoms with Crippen LogP contribution in [0, 0.1) is 13.8 Å². The molecule has 0 amide bonds. The number of aryl methyl sites for hydroxylation is 2. The SMILES string of the molecule is Cc1ccc(C)n1-c1cccc2c1CCCN2c1ccc(C(F)(F)F)cc1Cl. The Hall–Kier alpha value is -2.40. The molecule has 0 saturated heterocycles. The van der Waals surface area contributed by atoms with Crippen LogP contribution in [0.2, 0.25) is 5.02 Å². The lowest BCUT2D eigenvalue weighted by molar-refractivity contribution is -0.137. The summed E-state index contributed by atoms with van der Waals surface area (Å²) in [5.74, 6) is 0. The van der Waals surface area contributed by atoms with E-state index in [1.165, 1.54) is 11.6 Å². The first-order valence-corrected chi connectivity index (χ1v) is 9.56. The Labute approximate surface area is 167 Å². The molecule has 146 valence electrons. The van der Waals surface area contributed by atoms with E-state index in [1.54, 1.807) is 0 Å². The van der Waals surface area contributed by atoms with E-state index in [0.29, 0.717) is 12.2 Å². The van der Waals surface area contributed by atoms with Crippen LogP contribution in [-0.4, -0.2) is 11.1 Å². The summed E-state index contributed by atoms with van der Waals surface area (Å²) in [6, 6.07) is 13.8. The third-order valence-corrected chi connectivity index (χ3v) is 5.61. The van der Waals surface area contributed by atoms with Gasteiger partial charge in [0.25, 0.3) is 0 Å². The Kier molecular flexibility index (Phi) is 4.66. The topological polar surface area (TPSA) is 8.17 Å². The van der Waals surface area contributed by atoms with E-state index in [1.807, 2.05) is 17.0 Å². The van der Waals surface area contributed by atoms with Crippen LogP contribution in [0.4, 0.5) is 24.5 Å². The van der Waals surface area contributed by atoms with Gasteiger partial charge in [0.1, 0.15) is 0 Å². The maximum Gasteiger partial charge on any atom is 0.416 e. The van der Waals surface area contributed by atoms with Gasteiger partial charge in [0, 0.05) is 23.6 Å². The zero-order chi connectivity index (χ0) is 20.1. The lowest BCUT2D eigenvalue weighted by atomic mass is 9.98. The van der Waals surface area contributed by atoms with E-state index in [4.69, 9.17) is 11.6 Å². The van der Waals surface area contributed by atoms with Crippen LogP contribution in [-0.2, 0) is 12.6 Å². The number of aromatic nitrogens is 1. The second-order valence-electron chi connectivity index (χ2n) is 7.15. The minimum atomic E-state index is -4.40. The minimum absolute atomic E-state index is 0.112. The number of hydrogen-bond acceptors (Lipinski definition) is 1. The van der Waals surface area contributed by atoms with E-state index >= 15 is 0 Å². The number of benzene rings is 2. The van der Waals surface area contributed by atoms with Gasteiger partial charge in [-0.25, -0.2) is 0 Å². The van der Waals surface area contributed by atoms with Crippen molar-refractivity contribution in [1.82, 2.24) is 4.57 Å². The molecule has 2 aromatic carbocycles. The number of halogens is 4. The zero-order valence-electron chi connectivity index (χ0n) is 15.6. The van der Waals surface area contributed by atoms with E-state index in [-0.39, 0.29) is 5.02 Å². The van der Waals surface area contributed by atoms with Crippen molar-refractivity contribution in [1.29, 1.82) is 0 Å². The second-order valence-corrected chi connectivity index (χ2v) is 7.55. The first-order chi connectivity index (χ1) is 13.3. The van der Waals surface area contributed by atoms with Gasteiger partial charge < -0.3 is 9.47 Å². The predicted octanol–water partition coefficient (Wildman–Crippen LogP) is 6.85. The molecule has 0 spiro atoms. The summed E-state index contributed by atoms with van der Waals surface area (Å²) in [5.41, 5.74) is 5.47. The Morgan fingerprint density at radius 1 is 0.893 bits per heavy atom. The maximum absolute atomic E-state index is 13.0. The Bertz CT molecular complexity index is 1020. The number of hydrogen-bond donors (Lipinski definition) is 0. The molecular formula is C22H20ClF3N2. The van der Waals surface area contributed by atoms with Gasteiger partial charge in [-0.3, -0.25) is 0 Å². The second kappa shape index (κ2) is 6.89. The van der Waals surface area contributed by atoms with Gasteiger partial charge in [0.05, 0.1) is 22.0 Å². The normalized spacial score (nSPS) is 14.3. The summed E-state index contributed by atoms with van der Waals surface area (Å²) in [5, 5.41) is 0.112. The van der Waals surface area contributed by atoms with Gasteiger partial charge in [-0.15, -0.1) is 0 Å². The number of rotatable bonds is 2. The van der Waals surface area contributed by atoms with E-state index < -0.39 is 11.7 Å². The Balaban J connectivity index is 1.82. The summed E-state index contributed by atoms with van der Waals surface area (Å²) < 4.78 is 41.2. The molecule has 6 heteroatoms. The fourth-order valence-electron chi connectivity index (χ4n) is 4.02. The third-order valence-electron chi connectivity index (χ3n) is 5.30. The fraction of sp³-hybridized carbons (Fsp3) is 0.273. The largest absolute Gasteiger partial charge is 0.416 e. The molecule has 0 saturated carbocycles. The molecule has 2 heterocycles. The molecule has 0 aliphatic carbocycles. The van der Waals surface area contributed by atoms with Crippen molar-refractivity contribution >= 4 is 23.0 Å². The predicted molar refractivity (Wildman–Crippen MR) is 107 cm³/mol. The van der Waals surface area contributed by atoms with Crippen LogP contribution < -0.4 is 4.90 Å². The first kappa shape index (κ1) is 18.9. The maximum atomic E-state index is 13.0. The molecular weight excluding hydrogens is 385 g/mol. The summed E-state index contributed by atoms with van der Waals surface area (Å²) >= 11 is 6.28. The van der Waals surface area contributed by atoms with Crippen LogP contribution >= 0.6 is 11.6 Å². The number of nitrogens with zero attached hydrogens (tertiary/aromatic N) is 2. The zero-order valence-corrected chi connectivity index (χ0v) is 16.4. The summed E-state index contributed by atoms with van der Waals surface area (Å²) in [4.78, 5) is 2.03. The smallest absolute Gasteiger partial charge is 0.340 e. The van der Waals surface area contributed by atoms with Gasteiger partial charge in [0.15, 0.2) is 0 Å². The Morgan fingerprint density at radius 3 is 2.21 bits per heavy atom. The minimum Gasteiger partial charge on any atom is -0.340 e. The summed E-state index contributed by atoms with van der Waals surface area (Å²) in [7, 11) is 0. The van der Waals surface area contributed by atoms with Crippen LogP contribution in [0.25, 0.3) is 5.69 Å². The molecule has 0 atom stereocenters. The highest BCUT2D eigenvalue weighted by Gasteiger charge is 2.32. The van der Waals surface area contributed by atoms with Crippen molar-refractivity contribution < 1.29 is 13.2 Å². The highest BCUT2D eigenvalue weighted by Crippen LogP contribution is 2.42. The van der Waals surface area contributed by atoms with Crippen molar-refractivity contribution in [3.8, 4) is 5.69 Å². The monoisotopic (exact) mass is 404 g/mol. The molecule has 28 heavy (non-hydrogen) atoms. The molecule has 0 radical (unpaired) electrons. The van der Waals surface area contributed by atoms with Gasteiger partial charge in [0.2, 0.25) is 0 Å². The standard InChI is InChI=1S/C22H20ClF3N2/c1-14-8-9-15(2)28(14)20-7-3-6-19-17(20)5-4-12-27(19)21-11-10-16(13-18(21)23)22(24,25)26/h3,6-11,13H,4-5,12H2,1-2H3. The lowest BCUT2D eigenvalue weighted by Crippen LogP contribution is -2.26. The van der Waals surface area contributed by atoms with Crippen molar-refractivity contribution in [2.45, 2.75) is 32.9 Å². The summed E-state index contributed by atoms with van der Waals surface area (Å²) in [6.07, 6.45) is -2.59. The van der Waals surface area contributed by atoms with Crippen LogP contribution in [0.1, 0.15) is 28.9 Å². The lowest BCUT2D eigenvalue weighted by Gasteiger charge is -2.33. The third kappa shape index (κ3) is 3.18. The highest BCUT2D eigenvalue weighted by molar-refractivity contribution is 6.33. The molecule has 0 N–H and O–H groups in total. The van der Waals surface area contributed by atoms with Crippen molar-refractivity contribution in [3.63, 3.8) is 0 Å². The molecule has 0 unspecified atom stereocenters. The molecule has 2 nitrogen and oxygen atoms in total. The quantitative estimate of drug-likeness (QED) is 0.453. The van der Waals surface area contributed by atoms with E-state index in [0.717, 1.165) is 47.7 Å². The average Bonchev–Trinajstić information content (AvgIpc) is 2.98. The molecule has 1 aliphatic heterocycles. The molecule has 1 aromatic heterocycles. The first-order valence-electron chi connectivity index (χ1n) is 9.19. The van der Waals surface area contributed by atoms with Crippen LogP contribution in [0.3, 0.4) is 0 Å². The molecule has 0 bridgehead atoms. The van der Waals surface area contributed by atoms with Gasteiger partial charge >= 0.3 is 6.18 Å². The van der Waals surface area contributed by atoms with E-state index in [9.17, 15) is 13.2 Å². The van der Waals surface area contributed by atoms with Gasteiger partial charge in [-0.1, -0.05) is 17.7 Å². The number of anilines is 2. The molecule has 4 rings (SSSR count). The van der Waals surface area contributed by atoms with Crippen LogP contribution in [0.5, 0.6) is 0 Å². The van der Waals surface area contributed by atoms with Crippen molar-refractivity contribution in [2.24, 2.45) is 0 Å². The van der Waals surface area contributed by atoms with Gasteiger partial charge in [-0.05, 0) is 74.7 Å². The number of alkyl halides is 3. The van der Waals surface area contributed by atoms with Crippen molar-refractivity contribution in [3.05, 3.63) is 76.1 Å². The molecule has 1 aliphatic rings. The average molecular weight is 405 g/mol. The van der Waals surface area contributed by atoms with Gasteiger partial charge in [-0.2, -0.15) is 13.2 Å². The fourth-order valence-corrected chi connectivity index (χ4v) is 4.30. The number of fused-ring (bicyclic) bond motifs is 1.